The van der Waals surface area contributed by atoms with Gasteiger partial charge in [0.1, 0.15) is 6.04 Å². The zero-order chi connectivity index (χ0) is 10.8. The number of carbonyl (C=O) groups is 1. The quantitative estimate of drug-likeness (QED) is 0.454. The highest BCUT2D eigenvalue weighted by Crippen LogP contribution is 1.92. The molecule has 0 aromatic rings. The van der Waals surface area contributed by atoms with Gasteiger partial charge in [-0.1, -0.05) is 0 Å². The molecule has 0 radical (unpaired) electrons. The molecular weight excluding hydrogens is 184 g/mol. The molecule has 0 spiro atoms. The van der Waals surface area contributed by atoms with Crippen molar-refractivity contribution in [3.8, 4) is 0 Å². The van der Waals surface area contributed by atoms with Gasteiger partial charge in [0.05, 0.1) is 6.61 Å². The molecule has 5 nitrogen and oxygen atoms in total. The van der Waals surface area contributed by atoms with Gasteiger partial charge in [0, 0.05) is 20.3 Å². The van der Waals surface area contributed by atoms with Gasteiger partial charge in [0.25, 0.3) is 0 Å². The van der Waals surface area contributed by atoms with Crippen molar-refractivity contribution in [3.05, 3.63) is 0 Å². The van der Waals surface area contributed by atoms with Gasteiger partial charge in [-0.3, -0.25) is 4.79 Å². The molecule has 0 heterocycles. The van der Waals surface area contributed by atoms with Crippen molar-refractivity contribution in [1.29, 1.82) is 0 Å². The minimum atomic E-state index is -0.585. The first-order chi connectivity index (χ1) is 6.72. The summed E-state index contributed by atoms with van der Waals surface area (Å²) in [6, 6.07) is -0.585. The van der Waals surface area contributed by atoms with Crippen LogP contribution in [0, 0.1) is 0 Å². The summed E-state index contributed by atoms with van der Waals surface area (Å²) in [6.07, 6.45) is 2.56. The summed E-state index contributed by atoms with van der Waals surface area (Å²) >= 11 is 0. The number of aliphatic hydroxyl groups excluding tert-OH is 1. The van der Waals surface area contributed by atoms with Gasteiger partial charge in [-0.05, 0) is 19.3 Å². The van der Waals surface area contributed by atoms with E-state index in [1.54, 1.807) is 0 Å². The second-order valence-corrected chi connectivity index (χ2v) is 3.14. The van der Waals surface area contributed by atoms with Crippen LogP contribution in [-0.2, 0) is 9.53 Å². The summed E-state index contributed by atoms with van der Waals surface area (Å²) in [5.41, 5.74) is 5.49. The zero-order valence-electron chi connectivity index (χ0n) is 8.66. The van der Waals surface area contributed by atoms with Crippen LogP contribution in [0.5, 0.6) is 0 Å². The van der Waals surface area contributed by atoms with Crippen LogP contribution in [0.25, 0.3) is 0 Å². The molecule has 1 atom stereocenters. The Bertz CT molecular complexity index is 153. The molecule has 5 heteroatoms. The summed E-state index contributed by atoms with van der Waals surface area (Å²) in [5.74, 6) is -0.184. The minimum Gasteiger partial charge on any atom is -0.396 e. The Hall–Kier alpha value is -0.650. The lowest BCUT2D eigenvalue weighted by Crippen LogP contribution is -2.43. The number of nitrogens with two attached hydrogens (primary N) is 1. The molecular formula is C9H20N2O3. The SMILES string of the molecule is COCC(N)C(=O)NCCCCCO. The predicted octanol–water partition coefficient (Wildman–Crippen LogP) is -0.761. The third-order valence-electron chi connectivity index (χ3n) is 1.82. The number of unbranched alkanes of at least 4 members (excludes halogenated alkanes) is 2. The minimum absolute atomic E-state index is 0.184. The topological polar surface area (TPSA) is 84.6 Å². The van der Waals surface area contributed by atoms with Crippen LogP contribution in [0.1, 0.15) is 19.3 Å². The summed E-state index contributed by atoms with van der Waals surface area (Å²) in [6.45, 7) is 1.05. The molecule has 0 aromatic heterocycles. The number of rotatable bonds is 8. The average molecular weight is 204 g/mol. The van der Waals surface area contributed by atoms with Gasteiger partial charge < -0.3 is 20.9 Å². The normalized spacial score (nSPS) is 12.5. The van der Waals surface area contributed by atoms with Crippen molar-refractivity contribution in [1.82, 2.24) is 5.32 Å². The Labute approximate surface area is 84.6 Å². The predicted molar refractivity (Wildman–Crippen MR) is 53.8 cm³/mol. The van der Waals surface area contributed by atoms with E-state index in [9.17, 15) is 4.79 Å². The summed E-state index contributed by atoms with van der Waals surface area (Å²) in [5, 5.41) is 11.2. The summed E-state index contributed by atoms with van der Waals surface area (Å²) in [4.78, 5) is 11.2. The van der Waals surface area contributed by atoms with Gasteiger partial charge in [0.15, 0.2) is 0 Å². The van der Waals surface area contributed by atoms with Gasteiger partial charge >= 0.3 is 0 Å². The van der Waals surface area contributed by atoms with Crippen molar-refractivity contribution in [3.63, 3.8) is 0 Å². The monoisotopic (exact) mass is 204 g/mol. The molecule has 1 amide bonds. The smallest absolute Gasteiger partial charge is 0.239 e. The van der Waals surface area contributed by atoms with Gasteiger partial charge in [-0.2, -0.15) is 0 Å². The lowest BCUT2D eigenvalue weighted by atomic mass is 10.2. The van der Waals surface area contributed by atoms with Crippen LogP contribution in [0.2, 0.25) is 0 Å². The Kier molecular flexibility index (Phi) is 8.51. The zero-order valence-corrected chi connectivity index (χ0v) is 8.66. The highest BCUT2D eigenvalue weighted by Gasteiger charge is 2.11. The molecule has 0 aromatic carbocycles. The first-order valence-electron chi connectivity index (χ1n) is 4.85. The Morgan fingerprint density at radius 2 is 2.21 bits per heavy atom. The summed E-state index contributed by atoms with van der Waals surface area (Å²) < 4.78 is 4.75. The third kappa shape index (κ3) is 6.82. The van der Waals surface area contributed by atoms with Crippen molar-refractivity contribution in [2.75, 3.05) is 26.9 Å². The molecule has 0 saturated heterocycles. The molecule has 0 aliphatic carbocycles. The van der Waals surface area contributed by atoms with Crippen molar-refractivity contribution < 1.29 is 14.6 Å². The Morgan fingerprint density at radius 1 is 1.50 bits per heavy atom. The first-order valence-corrected chi connectivity index (χ1v) is 4.85. The second kappa shape index (κ2) is 8.93. The fourth-order valence-electron chi connectivity index (χ4n) is 1.01. The van der Waals surface area contributed by atoms with Crippen LogP contribution in [0.3, 0.4) is 0 Å². The Balaban J connectivity index is 3.34. The Morgan fingerprint density at radius 3 is 2.79 bits per heavy atom. The third-order valence-corrected chi connectivity index (χ3v) is 1.82. The summed E-state index contributed by atoms with van der Waals surface area (Å²) in [7, 11) is 1.51. The average Bonchev–Trinajstić information content (AvgIpc) is 2.17. The van der Waals surface area contributed by atoms with Crippen LogP contribution < -0.4 is 11.1 Å². The van der Waals surface area contributed by atoms with E-state index in [-0.39, 0.29) is 19.1 Å². The molecule has 0 aliphatic rings. The van der Waals surface area contributed by atoms with E-state index < -0.39 is 6.04 Å². The maximum absolute atomic E-state index is 11.2. The van der Waals surface area contributed by atoms with Crippen molar-refractivity contribution in [2.45, 2.75) is 25.3 Å². The lowest BCUT2D eigenvalue weighted by molar-refractivity contribution is -0.123. The van der Waals surface area contributed by atoms with E-state index in [2.05, 4.69) is 5.32 Å². The number of hydrogen-bond acceptors (Lipinski definition) is 4. The number of aliphatic hydroxyl groups is 1. The molecule has 0 saturated carbocycles. The van der Waals surface area contributed by atoms with Gasteiger partial charge in [-0.25, -0.2) is 0 Å². The van der Waals surface area contributed by atoms with Crippen LogP contribution >= 0.6 is 0 Å². The molecule has 0 aliphatic heterocycles. The van der Waals surface area contributed by atoms with E-state index in [0.717, 1.165) is 19.3 Å². The van der Waals surface area contributed by atoms with E-state index in [0.29, 0.717) is 6.54 Å². The van der Waals surface area contributed by atoms with Gasteiger partial charge in [0.2, 0.25) is 5.91 Å². The molecule has 84 valence electrons. The maximum Gasteiger partial charge on any atom is 0.239 e. The number of methoxy groups -OCH3 is 1. The molecule has 14 heavy (non-hydrogen) atoms. The largest absolute Gasteiger partial charge is 0.396 e. The lowest BCUT2D eigenvalue weighted by Gasteiger charge is -2.10. The second-order valence-electron chi connectivity index (χ2n) is 3.14. The van der Waals surface area contributed by atoms with Crippen molar-refractivity contribution >= 4 is 5.91 Å². The molecule has 1 unspecified atom stereocenters. The highest BCUT2D eigenvalue weighted by molar-refractivity contribution is 5.81. The standard InChI is InChI=1S/C9H20N2O3/c1-14-7-8(10)9(13)11-5-3-2-4-6-12/h8,12H,2-7,10H2,1H3,(H,11,13). The first kappa shape index (κ1) is 13.4. The number of hydrogen-bond donors (Lipinski definition) is 3. The maximum atomic E-state index is 11.2. The molecule has 0 rings (SSSR count). The number of ether oxygens (including phenoxy) is 1. The molecule has 4 N–H and O–H groups in total. The van der Waals surface area contributed by atoms with E-state index in [1.807, 2.05) is 0 Å². The van der Waals surface area contributed by atoms with E-state index in [1.165, 1.54) is 7.11 Å². The van der Waals surface area contributed by atoms with Crippen LogP contribution in [-0.4, -0.2) is 43.9 Å². The van der Waals surface area contributed by atoms with Crippen molar-refractivity contribution in [2.24, 2.45) is 5.73 Å². The number of nitrogens with one attached hydrogen (secondary N) is 1. The molecule has 0 bridgehead atoms. The fourth-order valence-corrected chi connectivity index (χ4v) is 1.01. The van der Waals surface area contributed by atoms with Crippen LogP contribution in [0.4, 0.5) is 0 Å². The fraction of sp³-hybridized carbons (Fsp3) is 0.889. The van der Waals surface area contributed by atoms with Crippen LogP contribution in [0.15, 0.2) is 0 Å². The molecule has 0 fully saturated rings. The van der Waals surface area contributed by atoms with E-state index in [4.69, 9.17) is 15.6 Å². The number of carbonyl (C=O) groups excluding carboxylic acids is 1. The van der Waals surface area contributed by atoms with E-state index >= 15 is 0 Å². The highest BCUT2D eigenvalue weighted by atomic mass is 16.5. The van der Waals surface area contributed by atoms with Gasteiger partial charge in [-0.15, -0.1) is 0 Å². The number of amides is 1.